The number of amides is 1. The van der Waals surface area contributed by atoms with Crippen LogP contribution in [0.4, 0.5) is 0 Å². The van der Waals surface area contributed by atoms with Gasteiger partial charge in [0.25, 0.3) is 0 Å². The van der Waals surface area contributed by atoms with Crippen molar-refractivity contribution in [3.8, 4) is 0 Å². The summed E-state index contributed by atoms with van der Waals surface area (Å²) < 4.78 is 5.09. The van der Waals surface area contributed by atoms with Crippen LogP contribution in [0.5, 0.6) is 0 Å². The Kier molecular flexibility index (Phi) is 6.19. The van der Waals surface area contributed by atoms with E-state index in [9.17, 15) is 4.79 Å². The molecule has 1 rings (SSSR count). The number of carbonyl (C=O) groups excluding carboxylic acids is 1. The molecular weight excluding hydrogens is 228 g/mol. The van der Waals surface area contributed by atoms with Gasteiger partial charge in [-0.15, -0.1) is 0 Å². The van der Waals surface area contributed by atoms with Gasteiger partial charge in [-0.05, 0) is 18.8 Å². The van der Waals surface area contributed by atoms with E-state index in [-0.39, 0.29) is 11.8 Å². The summed E-state index contributed by atoms with van der Waals surface area (Å²) in [5.74, 6) is 0.301. The predicted molar refractivity (Wildman–Crippen MR) is 72.4 cm³/mol. The zero-order valence-corrected chi connectivity index (χ0v) is 11.7. The molecule has 2 atom stereocenters. The first-order valence-electron chi connectivity index (χ1n) is 6.88. The van der Waals surface area contributed by atoms with Crippen molar-refractivity contribution in [2.75, 3.05) is 13.5 Å². The third-order valence-electron chi connectivity index (χ3n) is 3.72. The molecule has 1 aliphatic heterocycles. The van der Waals surface area contributed by atoms with Crippen LogP contribution < -0.4 is 5.73 Å². The van der Waals surface area contributed by atoms with Crippen molar-refractivity contribution in [2.24, 2.45) is 17.6 Å². The van der Waals surface area contributed by atoms with Crippen LogP contribution in [0.15, 0.2) is 12.3 Å². The Bertz CT molecular complexity index is 288. The van der Waals surface area contributed by atoms with Crippen LogP contribution >= 0.6 is 0 Å². The summed E-state index contributed by atoms with van der Waals surface area (Å²) in [7, 11) is 0. The first kappa shape index (κ1) is 15.0. The summed E-state index contributed by atoms with van der Waals surface area (Å²) in [5.41, 5.74) is 6.48. The maximum Gasteiger partial charge on any atom is 0.220 e. The van der Waals surface area contributed by atoms with E-state index in [0.29, 0.717) is 25.8 Å². The molecule has 0 aromatic rings. The molecule has 104 valence electrons. The van der Waals surface area contributed by atoms with E-state index in [1.807, 2.05) is 4.90 Å². The third kappa shape index (κ3) is 4.33. The second-order valence-electron chi connectivity index (χ2n) is 5.17. The van der Waals surface area contributed by atoms with Gasteiger partial charge in [-0.3, -0.25) is 4.79 Å². The molecule has 0 saturated carbocycles. The molecule has 0 aliphatic carbocycles. The molecule has 4 heteroatoms. The lowest BCUT2D eigenvalue weighted by atomic mass is 9.86. The fourth-order valence-corrected chi connectivity index (χ4v) is 2.38. The molecule has 1 amide bonds. The average molecular weight is 254 g/mol. The molecule has 0 bridgehead atoms. The highest BCUT2D eigenvalue weighted by Crippen LogP contribution is 2.26. The van der Waals surface area contributed by atoms with Gasteiger partial charge in [0.2, 0.25) is 5.91 Å². The van der Waals surface area contributed by atoms with E-state index in [2.05, 4.69) is 20.4 Å². The molecule has 18 heavy (non-hydrogen) atoms. The van der Waals surface area contributed by atoms with Crippen molar-refractivity contribution in [1.82, 2.24) is 4.90 Å². The third-order valence-corrected chi connectivity index (χ3v) is 3.72. The summed E-state index contributed by atoms with van der Waals surface area (Å²) in [6.07, 6.45) is 4.98. The maximum atomic E-state index is 11.6. The van der Waals surface area contributed by atoms with Gasteiger partial charge in [-0.2, -0.15) is 0 Å². The van der Waals surface area contributed by atoms with Gasteiger partial charge in [0, 0.05) is 11.6 Å². The second kappa shape index (κ2) is 7.41. The number of rotatable bonds is 9. The predicted octanol–water partition coefficient (Wildman–Crippen LogP) is 2.46. The quantitative estimate of drug-likeness (QED) is 0.687. The number of hydrogen-bond acceptors (Lipinski definition) is 3. The summed E-state index contributed by atoms with van der Waals surface area (Å²) in [5, 5.41) is 0. The van der Waals surface area contributed by atoms with Crippen LogP contribution in [0.25, 0.3) is 0 Å². The number of primary amides is 1. The molecule has 0 aromatic heterocycles. The number of hydrogen-bond donors (Lipinski definition) is 1. The number of carbonyl (C=O) groups is 1. The van der Waals surface area contributed by atoms with Gasteiger partial charge < -0.3 is 15.4 Å². The van der Waals surface area contributed by atoms with Crippen molar-refractivity contribution in [3.63, 3.8) is 0 Å². The van der Waals surface area contributed by atoms with Gasteiger partial charge in [-0.25, -0.2) is 0 Å². The minimum Gasteiger partial charge on any atom is -0.369 e. The molecule has 4 nitrogen and oxygen atoms in total. The summed E-state index contributed by atoms with van der Waals surface area (Å²) in [4.78, 5) is 13.6. The highest BCUT2D eigenvalue weighted by Gasteiger charge is 2.24. The normalized spacial score (nSPS) is 18.0. The van der Waals surface area contributed by atoms with Gasteiger partial charge >= 0.3 is 0 Å². The maximum absolute atomic E-state index is 11.6. The molecule has 1 fully saturated rings. The van der Waals surface area contributed by atoms with Crippen molar-refractivity contribution in [1.29, 1.82) is 0 Å². The van der Waals surface area contributed by atoms with Gasteiger partial charge in [0.1, 0.15) is 13.5 Å². The first-order valence-corrected chi connectivity index (χ1v) is 6.88. The molecule has 2 unspecified atom stereocenters. The zero-order valence-electron chi connectivity index (χ0n) is 11.7. The Balaban J connectivity index is 2.47. The van der Waals surface area contributed by atoms with E-state index in [0.717, 1.165) is 25.0 Å². The second-order valence-corrected chi connectivity index (χ2v) is 5.17. The highest BCUT2D eigenvalue weighted by molar-refractivity contribution is 5.76. The smallest absolute Gasteiger partial charge is 0.220 e. The Morgan fingerprint density at radius 3 is 2.50 bits per heavy atom. The van der Waals surface area contributed by atoms with Crippen LogP contribution in [0.3, 0.4) is 0 Å². The van der Waals surface area contributed by atoms with Crippen molar-refractivity contribution >= 4 is 5.91 Å². The van der Waals surface area contributed by atoms with E-state index < -0.39 is 0 Å². The van der Waals surface area contributed by atoms with Crippen LogP contribution in [0.1, 0.15) is 46.0 Å². The topological polar surface area (TPSA) is 55.6 Å². The molecule has 2 N–H and O–H groups in total. The summed E-state index contributed by atoms with van der Waals surface area (Å²) in [6, 6.07) is 0. The Labute approximate surface area is 110 Å². The molecule has 1 aliphatic rings. The monoisotopic (exact) mass is 254 g/mol. The fourth-order valence-electron chi connectivity index (χ4n) is 2.38. The average Bonchev–Trinajstić information content (AvgIpc) is 2.24. The lowest BCUT2D eigenvalue weighted by Crippen LogP contribution is -2.40. The van der Waals surface area contributed by atoms with Gasteiger partial charge in [0.15, 0.2) is 0 Å². The van der Waals surface area contributed by atoms with Crippen LogP contribution in [0, 0.1) is 11.8 Å². The summed E-state index contributed by atoms with van der Waals surface area (Å²) >= 11 is 0. The minimum absolute atomic E-state index is 0.0883. The van der Waals surface area contributed by atoms with Crippen molar-refractivity contribution < 1.29 is 9.53 Å². The summed E-state index contributed by atoms with van der Waals surface area (Å²) in [6.45, 7) is 9.56. The Morgan fingerprint density at radius 1 is 1.44 bits per heavy atom. The number of allylic oxidation sites excluding steroid dienone is 1. The Morgan fingerprint density at radius 2 is 2.11 bits per heavy atom. The largest absolute Gasteiger partial charge is 0.369 e. The van der Waals surface area contributed by atoms with E-state index in [1.165, 1.54) is 6.42 Å². The lowest BCUT2D eigenvalue weighted by molar-refractivity contribution is -0.129. The van der Waals surface area contributed by atoms with E-state index in [4.69, 9.17) is 10.5 Å². The molecule has 1 heterocycles. The van der Waals surface area contributed by atoms with Crippen LogP contribution in [-0.2, 0) is 9.53 Å². The van der Waals surface area contributed by atoms with Crippen molar-refractivity contribution in [2.45, 2.75) is 46.0 Å². The van der Waals surface area contributed by atoms with Crippen LogP contribution in [0.2, 0.25) is 0 Å². The molecular formula is C14H26N2O2. The van der Waals surface area contributed by atoms with Gasteiger partial charge in [0.05, 0.1) is 0 Å². The van der Waals surface area contributed by atoms with E-state index >= 15 is 0 Å². The number of nitrogens with zero attached hydrogens (tertiary/aromatic N) is 1. The molecule has 0 spiro atoms. The molecule has 0 aromatic carbocycles. The first-order chi connectivity index (χ1) is 8.58. The standard InChI is InChI=1S/C14H26N2O2/c1-4-6-12(5-2)8-13(14(15)17)7-11(3)16-9-18-10-16/h12-13H,3-10H2,1-2H3,(H2,15,17). The Hall–Kier alpha value is -1.03. The zero-order chi connectivity index (χ0) is 13.5. The van der Waals surface area contributed by atoms with E-state index in [1.54, 1.807) is 0 Å². The van der Waals surface area contributed by atoms with Gasteiger partial charge in [-0.1, -0.05) is 39.7 Å². The number of nitrogens with two attached hydrogens (primary N) is 1. The highest BCUT2D eigenvalue weighted by atomic mass is 16.5. The fraction of sp³-hybridized carbons (Fsp3) is 0.786. The van der Waals surface area contributed by atoms with Crippen molar-refractivity contribution in [3.05, 3.63) is 12.3 Å². The molecule has 1 saturated heterocycles. The molecule has 0 radical (unpaired) electrons. The number of ether oxygens (including phenoxy) is 1. The SMILES string of the molecule is C=C(CC(CC(CC)CCC)C(N)=O)N1COC1. The van der Waals surface area contributed by atoms with Crippen LogP contribution in [-0.4, -0.2) is 24.3 Å². The minimum atomic E-state index is -0.202. The lowest BCUT2D eigenvalue weighted by Gasteiger charge is -2.35.